The summed E-state index contributed by atoms with van der Waals surface area (Å²) in [4.78, 5) is 12.2. The molecule has 1 atom stereocenters. The zero-order valence-corrected chi connectivity index (χ0v) is 15.1. The first-order valence-electron chi connectivity index (χ1n) is 7.55. The molecule has 1 heterocycles. The van der Waals surface area contributed by atoms with Crippen molar-refractivity contribution in [2.24, 2.45) is 0 Å². The summed E-state index contributed by atoms with van der Waals surface area (Å²) >= 11 is 3.27. The van der Waals surface area contributed by atoms with E-state index in [1.165, 1.54) is 18.4 Å². The van der Waals surface area contributed by atoms with Crippen molar-refractivity contribution < 1.29 is 17.6 Å². The second-order valence-electron chi connectivity index (χ2n) is 5.69. The first kappa shape index (κ1) is 17.2. The molecule has 1 aliphatic carbocycles. The van der Waals surface area contributed by atoms with Gasteiger partial charge >= 0.3 is 0 Å². The molecular formula is C16H17BrN2O4S. The van der Waals surface area contributed by atoms with E-state index < -0.39 is 16.1 Å². The molecule has 1 fully saturated rings. The average Bonchev–Trinajstić information content (AvgIpc) is 3.16. The van der Waals surface area contributed by atoms with Crippen molar-refractivity contribution in [3.05, 3.63) is 52.9 Å². The average molecular weight is 413 g/mol. The fourth-order valence-corrected chi connectivity index (χ4v) is 3.73. The molecule has 3 rings (SSSR count). The maximum atomic E-state index is 12.6. The smallest absolute Gasteiger partial charge is 0.241 e. The first-order chi connectivity index (χ1) is 11.4. The standard InChI is InChI=1S/C16H17BrN2O4S/c17-11-3-7-13(8-4-11)24(21,22)19-14(15-2-1-9-23-15)10-16(20)18-12-5-6-12/h1-4,7-9,12,14,19H,5-6,10H2,(H,18,20)/t14-/m0/s1. The van der Waals surface area contributed by atoms with E-state index in [0.29, 0.717) is 5.76 Å². The third kappa shape index (κ3) is 4.46. The Morgan fingerprint density at radius 1 is 1.25 bits per heavy atom. The topological polar surface area (TPSA) is 88.4 Å². The van der Waals surface area contributed by atoms with Crippen molar-refractivity contribution >= 4 is 31.9 Å². The molecule has 0 saturated heterocycles. The van der Waals surface area contributed by atoms with E-state index in [4.69, 9.17) is 4.42 Å². The quantitative estimate of drug-likeness (QED) is 0.731. The van der Waals surface area contributed by atoms with Gasteiger partial charge in [-0.15, -0.1) is 0 Å². The summed E-state index contributed by atoms with van der Waals surface area (Å²) in [7, 11) is -3.77. The van der Waals surface area contributed by atoms with Gasteiger partial charge in [0.15, 0.2) is 0 Å². The summed E-state index contributed by atoms with van der Waals surface area (Å²) in [5, 5.41) is 2.86. The summed E-state index contributed by atoms with van der Waals surface area (Å²) < 4.78 is 33.8. The number of rotatable bonds is 7. The van der Waals surface area contributed by atoms with E-state index in [1.807, 2.05) is 0 Å². The highest BCUT2D eigenvalue weighted by atomic mass is 79.9. The Bertz CT molecular complexity index is 799. The van der Waals surface area contributed by atoms with Gasteiger partial charge in [0.2, 0.25) is 15.9 Å². The van der Waals surface area contributed by atoms with Crippen LogP contribution in [-0.2, 0) is 14.8 Å². The van der Waals surface area contributed by atoms with Crippen molar-refractivity contribution in [3.8, 4) is 0 Å². The maximum Gasteiger partial charge on any atom is 0.241 e. The number of benzene rings is 1. The van der Waals surface area contributed by atoms with Crippen LogP contribution in [0.5, 0.6) is 0 Å². The molecule has 2 N–H and O–H groups in total. The Kier molecular flexibility index (Phi) is 5.07. The monoisotopic (exact) mass is 412 g/mol. The Hall–Kier alpha value is -1.64. The van der Waals surface area contributed by atoms with Crippen LogP contribution >= 0.6 is 15.9 Å². The molecule has 0 aliphatic heterocycles. The second-order valence-corrected chi connectivity index (χ2v) is 8.32. The minimum Gasteiger partial charge on any atom is -0.468 e. The van der Waals surface area contributed by atoms with Gasteiger partial charge in [-0.3, -0.25) is 4.79 Å². The predicted molar refractivity (Wildman–Crippen MR) is 91.7 cm³/mol. The Morgan fingerprint density at radius 3 is 2.54 bits per heavy atom. The molecule has 0 spiro atoms. The molecule has 1 aliphatic rings. The van der Waals surface area contributed by atoms with E-state index in [-0.39, 0.29) is 23.3 Å². The minimum absolute atomic E-state index is 0.0141. The van der Waals surface area contributed by atoms with Crippen LogP contribution in [0.3, 0.4) is 0 Å². The van der Waals surface area contributed by atoms with Crippen LogP contribution in [0.1, 0.15) is 31.1 Å². The fourth-order valence-electron chi connectivity index (χ4n) is 2.26. The van der Waals surface area contributed by atoms with E-state index in [1.54, 1.807) is 24.3 Å². The van der Waals surface area contributed by atoms with Crippen molar-refractivity contribution in [2.75, 3.05) is 0 Å². The second kappa shape index (κ2) is 7.08. The molecule has 0 bridgehead atoms. The molecule has 1 saturated carbocycles. The van der Waals surface area contributed by atoms with E-state index in [2.05, 4.69) is 26.0 Å². The number of amides is 1. The number of sulfonamides is 1. The molecule has 0 unspecified atom stereocenters. The van der Waals surface area contributed by atoms with Crippen LogP contribution in [0.25, 0.3) is 0 Å². The zero-order chi connectivity index (χ0) is 17.2. The summed E-state index contributed by atoms with van der Waals surface area (Å²) in [6.07, 6.45) is 3.39. The maximum absolute atomic E-state index is 12.6. The lowest BCUT2D eigenvalue weighted by Gasteiger charge is -2.16. The van der Waals surface area contributed by atoms with E-state index in [0.717, 1.165) is 17.3 Å². The van der Waals surface area contributed by atoms with Gasteiger partial charge in [-0.1, -0.05) is 15.9 Å². The van der Waals surface area contributed by atoms with Crippen LogP contribution < -0.4 is 10.0 Å². The molecule has 1 aromatic carbocycles. The number of hydrogen-bond donors (Lipinski definition) is 2. The molecule has 2 aromatic rings. The van der Waals surface area contributed by atoms with Gasteiger partial charge in [-0.25, -0.2) is 8.42 Å². The van der Waals surface area contributed by atoms with Gasteiger partial charge in [0.05, 0.1) is 23.6 Å². The van der Waals surface area contributed by atoms with E-state index >= 15 is 0 Å². The summed E-state index contributed by atoms with van der Waals surface area (Å²) in [5.74, 6) is 0.207. The third-order valence-electron chi connectivity index (χ3n) is 3.64. The lowest BCUT2D eigenvalue weighted by Crippen LogP contribution is -2.34. The largest absolute Gasteiger partial charge is 0.468 e. The van der Waals surface area contributed by atoms with Gasteiger partial charge in [-0.05, 0) is 49.2 Å². The van der Waals surface area contributed by atoms with Crippen molar-refractivity contribution in [1.29, 1.82) is 0 Å². The lowest BCUT2D eigenvalue weighted by molar-refractivity contribution is -0.121. The summed E-state index contributed by atoms with van der Waals surface area (Å²) in [6, 6.07) is 9.07. The highest BCUT2D eigenvalue weighted by Gasteiger charge is 2.28. The Morgan fingerprint density at radius 2 is 1.96 bits per heavy atom. The molecule has 6 nitrogen and oxygen atoms in total. The molecule has 1 aromatic heterocycles. The highest BCUT2D eigenvalue weighted by molar-refractivity contribution is 9.10. The van der Waals surface area contributed by atoms with Gasteiger partial charge in [0.25, 0.3) is 0 Å². The van der Waals surface area contributed by atoms with Gasteiger partial charge in [0.1, 0.15) is 5.76 Å². The zero-order valence-electron chi connectivity index (χ0n) is 12.7. The molecular weight excluding hydrogens is 396 g/mol. The van der Waals surface area contributed by atoms with Crippen LogP contribution in [-0.4, -0.2) is 20.4 Å². The van der Waals surface area contributed by atoms with Crippen molar-refractivity contribution in [3.63, 3.8) is 0 Å². The number of nitrogens with one attached hydrogen (secondary N) is 2. The molecule has 24 heavy (non-hydrogen) atoms. The fraction of sp³-hybridized carbons (Fsp3) is 0.312. The lowest BCUT2D eigenvalue weighted by atomic mass is 10.1. The van der Waals surface area contributed by atoms with Gasteiger partial charge in [0, 0.05) is 10.5 Å². The normalized spacial score (nSPS) is 15.9. The van der Waals surface area contributed by atoms with Crippen LogP contribution in [0.2, 0.25) is 0 Å². The van der Waals surface area contributed by atoms with Crippen molar-refractivity contribution in [1.82, 2.24) is 10.0 Å². The molecule has 0 radical (unpaired) electrons. The van der Waals surface area contributed by atoms with Crippen molar-refractivity contribution in [2.45, 2.75) is 36.2 Å². The third-order valence-corrected chi connectivity index (χ3v) is 5.66. The number of carbonyl (C=O) groups is 1. The van der Waals surface area contributed by atoms with E-state index in [9.17, 15) is 13.2 Å². The molecule has 128 valence electrons. The van der Waals surface area contributed by atoms with Gasteiger partial charge in [-0.2, -0.15) is 4.72 Å². The molecule has 1 amide bonds. The number of hydrogen-bond acceptors (Lipinski definition) is 4. The summed E-state index contributed by atoms with van der Waals surface area (Å²) in [6.45, 7) is 0. The predicted octanol–water partition coefficient (Wildman–Crippen LogP) is 2.73. The number of carbonyl (C=O) groups excluding carboxylic acids is 1. The Balaban J connectivity index is 1.77. The molecule has 8 heteroatoms. The summed E-state index contributed by atoms with van der Waals surface area (Å²) in [5.41, 5.74) is 0. The van der Waals surface area contributed by atoms with Gasteiger partial charge < -0.3 is 9.73 Å². The number of furan rings is 1. The van der Waals surface area contributed by atoms with Crippen LogP contribution in [0, 0.1) is 0 Å². The Labute approximate surface area is 148 Å². The SMILES string of the molecule is O=C(C[C@H](NS(=O)(=O)c1ccc(Br)cc1)c1ccco1)NC1CC1. The minimum atomic E-state index is -3.77. The first-order valence-corrected chi connectivity index (χ1v) is 9.82. The highest BCUT2D eigenvalue weighted by Crippen LogP contribution is 2.24. The van der Waals surface area contributed by atoms with Crippen LogP contribution in [0.4, 0.5) is 0 Å². The van der Waals surface area contributed by atoms with Crippen LogP contribution in [0.15, 0.2) is 56.4 Å². The number of halogens is 1.